The number of carbonyl (C=O) groups excluding carboxylic acids is 1. The molecule has 1 amide bonds. The lowest BCUT2D eigenvalue weighted by Crippen LogP contribution is -2.28. The topological polar surface area (TPSA) is 105 Å². The summed E-state index contributed by atoms with van der Waals surface area (Å²) in [4.78, 5) is 26.2. The van der Waals surface area contributed by atoms with Gasteiger partial charge in [-0.05, 0) is 6.92 Å². The number of carbonyl (C=O) groups is 1. The predicted molar refractivity (Wildman–Crippen MR) is 121 cm³/mol. The number of hydrogen-bond acceptors (Lipinski definition) is 8. The zero-order valence-electron chi connectivity index (χ0n) is 16.9. The maximum absolute atomic E-state index is 12.9. The van der Waals surface area contributed by atoms with E-state index in [-0.39, 0.29) is 39.4 Å². The lowest BCUT2D eigenvalue weighted by molar-refractivity contribution is -0.123. The normalized spacial score (nSPS) is 15.5. The highest BCUT2D eigenvalue weighted by atomic mass is 32.2. The molecule has 2 heterocycles. The minimum Gasteiger partial charge on any atom is -0.507 e. The highest BCUT2D eigenvalue weighted by Gasteiger charge is 2.26. The molecule has 1 aliphatic rings. The third kappa shape index (κ3) is 3.91. The van der Waals surface area contributed by atoms with Gasteiger partial charge in [0.2, 0.25) is 5.91 Å². The van der Waals surface area contributed by atoms with E-state index in [2.05, 4.69) is 10.2 Å². The summed E-state index contributed by atoms with van der Waals surface area (Å²) in [6, 6.07) is 11.9. The molecular formula is C22H19N3O5S. The van der Waals surface area contributed by atoms with E-state index in [1.54, 1.807) is 0 Å². The number of ether oxygens (including phenoxy) is 1. The second kappa shape index (κ2) is 8.65. The molecule has 4 rings (SSSR count). The van der Waals surface area contributed by atoms with E-state index in [1.165, 1.54) is 42.1 Å². The summed E-state index contributed by atoms with van der Waals surface area (Å²) >= 11 is 1.29. The molecule has 158 valence electrons. The van der Waals surface area contributed by atoms with Crippen LogP contribution in [0.3, 0.4) is 0 Å². The summed E-state index contributed by atoms with van der Waals surface area (Å²) in [5.41, 5.74) is 0.812. The van der Waals surface area contributed by atoms with Crippen molar-refractivity contribution in [1.29, 1.82) is 0 Å². The van der Waals surface area contributed by atoms with E-state index in [1.807, 2.05) is 37.3 Å². The first-order valence-corrected chi connectivity index (χ1v) is 10.5. The fourth-order valence-electron chi connectivity index (χ4n) is 3.29. The number of phenols is 1. The van der Waals surface area contributed by atoms with E-state index in [9.17, 15) is 14.7 Å². The van der Waals surface area contributed by atoms with Crippen LogP contribution in [-0.2, 0) is 4.79 Å². The third-order valence-electron chi connectivity index (χ3n) is 4.76. The molecule has 8 nitrogen and oxygen atoms in total. The van der Waals surface area contributed by atoms with Gasteiger partial charge in [-0.15, -0.1) is 5.10 Å². The Morgan fingerprint density at radius 3 is 2.74 bits per heavy atom. The number of methoxy groups -OCH3 is 1. The van der Waals surface area contributed by atoms with Gasteiger partial charge in [-0.2, -0.15) is 5.10 Å². The van der Waals surface area contributed by atoms with Gasteiger partial charge >= 0.3 is 0 Å². The summed E-state index contributed by atoms with van der Waals surface area (Å²) < 4.78 is 11.3. The van der Waals surface area contributed by atoms with E-state index < -0.39 is 0 Å². The highest BCUT2D eigenvalue weighted by Crippen LogP contribution is 2.35. The van der Waals surface area contributed by atoms with Crippen LogP contribution in [0.15, 0.2) is 61.9 Å². The molecule has 0 saturated carbocycles. The monoisotopic (exact) mass is 437 g/mol. The van der Waals surface area contributed by atoms with Gasteiger partial charge in [-0.1, -0.05) is 42.1 Å². The quantitative estimate of drug-likeness (QED) is 0.484. The molecule has 0 unspecified atom stereocenters. The largest absolute Gasteiger partial charge is 0.507 e. The third-order valence-corrected chi connectivity index (χ3v) is 5.71. The molecule has 1 N–H and O–H groups in total. The SMILES string of the molecule is CCN1C(=O)CS/C1=N\N=C\c1c(O)cc2oc(-c3ccccc3)cc(=O)c2c1OC. The summed E-state index contributed by atoms with van der Waals surface area (Å²) in [7, 11) is 1.40. The van der Waals surface area contributed by atoms with Gasteiger partial charge in [0.05, 0.1) is 24.6 Å². The predicted octanol–water partition coefficient (Wildman–Crippen LogP) is 3.46. The number of thioether (sulfide) groups is 1. The number of hydrogen-bond donors (Lipinski definition) is 1. The lowest BCUT2D eigenvalue weighted by atomic mass is 10.1. The molecule has 0 spiro atoms. The summed E-state index contributed by atoms with van der Waals surface area (Å²) in [5, 5.41) is 19.3. The Morgan fingerprint density at radius 2 is 2.03 bits per heavy atom. The van der Waals surface area contributed by atoms with Gasteiger partial charge in [0.15, 0.2) is 10.6 Å². The van der Waals surface area contributed by atoms with E-state index in [0.29, 0.717) is 23.2 Å². The van der Waals surface area contributed by atoms with Crippen molar-refractivity contribution < 1.29 is 19.1 Å². The Morgan fingerprint density at radius 1 is 1.26 bits per heavy atom. The molecule has 1 aromatic heterocycles. The number of nitrogens with zero attached hydrogens (tertiary/aromatic N) is 3. The molecule has 31 heavy (non-hydrogen) atoms. The number of benzene rings is 2. The van der Waals surface area contributed by atoms with Crippen LogP contribution < -0.4 is 10.2 Å². The summed E-state index contributed by atoms with van der Waals surface area (Å²) in [5.74, 6) is 0.630. The molecule has 0 bridgehead atoms. The number of rotatable bonds is 5. The second-order valence-corrected chi connectivity index (χ2v) is 7.55. The molecule has 0 atom stereocenters. The van der Waals surface area contributed by atoms with Gasteiger partial charge in [0.25, 0.3) is 0 Å². The Labute approximate surface area is 181 Å². The van der Waals surface area contributed by atoms with Crippen molar-refractivity contribution in [2.24, 2.45) is 10.2 Å². The fraction of sp³-hybridized carbons (Fsp3) is 0.182. The molecule has 9 heteroatoms. The van der Waals surface area contributed by atoms with Crippen molar-refractivity contribution in [2.75, 3.05) is 19.4 Å². The summed E-state index contributed by atoms with van der Waals surface area (Å²) in [6.07, 6.45) is 1.29. The van der Waals surface area contributed by atoms with Crippen LogP contribution in [0.2, 0.25) is 0 Å². The van der Waals surface area contributed by atoms with Gasteiger partial charge in [-0.3, -0.25) is 14.5 Å². The van der Waals surface area contributed by atoms with Crippen LogP contribution in [-0.4, -0.2) is 46.7 Å². The van der Waals surface area contributed by atoms with Crippen LogP contribution in [0.1, 0.15) is 12.5 Å². The molecule has 1 fully saturated rings. The second-order valence-electron chi connectivity index (χ2n) is 6.61. The summed E-state index contributed by atoms with van der Waals surface area (Å²) in [6.45, 7) is 2.35. The zero-order chi connectivity index (χ0) is 22.0. The molecule has 0 radical (unpaired) electrons. The van der Waals surface area contributed by atoms with Crippen molar-refractivity contribution in [3.05, 3.63) is 58.3 Å². The highest BCUT2D eigenvalue weighted by molar-refractivity contribution is 8.15. The van der Waals surface area contributed by atoms with E-state index >= 15 is 0 Å². The number of amidine groups is 1. The number of aromatic hydroxyl groups is 1. The van der Waals surface area contributed by atoms with Crippen molar-refractivity contribution >= 4 is 40.0 Å². The van der Waals surface area contributed by atoms with Crippen molar-refractivity contribution in [2.45, 2.75) is 6.92 Å². The van der Waals surface area contributed by atoms with Gasteiger partial charge in [-0.25, -0.2) is 0 Å². The van der Waals surface area contributed by atoms with Crippen LogP contribution in [0.4, 0.5) is 0 Å². The van der Waals surface area contributed by atoms with Gasteiger partial charge < -0.3 is 14.3 Å². The van der Waals surface area contributed by atoms with Crippen LogP contribution in [0.5, 0.6) is 11.5 Å². The molecule has 1 saturated heterocycles. The van der Waals surface area contributed by atoms with Crippen LogP contribution in [0, 0.1) is 0 Å². The molecule has 2 aromatic carbocycles. The number of fused-ring (bicyclic) bond motifs is 1. The van der Waals surface area contributed by atoms with Crippen molar-refractivity contribution in [3.63, 3.8) is 0 Å². The number of amides is 1. The van der Waals surface area contributed by atoms with Gasteiger partial charge in [0.1, 0.15) is 28.2 Å². The maximum atomic E-state index is 12.9. The van der Waals surface area contributed by atoms with E-state index in [0.717, 1.165) is 5.56 Å². The molecule has 3 aromatic rings. The smallest absolute Gasteiger partial charge is 0.239 e. The minimum atomic E-state index is -0.313. The average molecular weight is 437 g/mol. The first-order chi connectivity index (χ1) is 15.0. The molecule has 0 aliphatic carbocycles. The molecular weight excluding hydrogens is 418 g/mol. The number of phenolic OH excluding ortho intramolecular Hbond substituents is 1. The first-order valence-electron chi connectivity index (χ1n) is 9.51. The van der Waals surface area contributed by atoms with E-state index in [4.69, 9.17) is 9.15 Å². The zero-order valence-corrected chi connectivity index (χ0v) is 17.7. The maximum Gasteiger partial charge on any atom is 0.239 e. The Hall–Kier alpha value is -3.59. The van der Waals surface area contributed by atoms with Gasteiger partial charge in [0, 0.05) is 24.2 Å². The van der Waals surface area contributed by atoms with Crippen molar-refractivity contribution in [3.8, 4) is 22.8 Å². The Kier molecular flexibility index (Phi) is 5.77. The lowest BCUT2D eigenvalue weighted by Gasteiger charge is -2.12. The average Bonchev–Trinajstić information content (AvgIpc) is 3.13. The Bertz CT molecular complexity index is 1270. The fourth-order valence-corrected chi connectivity index (χ4v) is 4.19. The van der Waals surface area contributed by atoms with Crippen LogP contribution in [0.25, 0.3) is 22.3 Å². The minimum absolute atomic E-state index is 0.0283. The van der Waals surface area contributed by atoms with Crippen LogP contribution >= 0.6 is 11.8 Å². The van der Waals surface area contributed by atoms with Crippen molar-refractivity contribution in [1.82, 2.24) is 4.90 Å². The molecule has 1 aliphatic heterocycles. The Balaban J connectivity index is 1.78. The standard InChI is InChI=1S/C22H19N3O5S/c1-3-25-19(28)12-31-22(25)24-23-11-14-15(26)9-18-20(21(14)29-2)16(27)10-17(30-18)13-7-5-4-6-8-13/h4-11,26H,3,12H2,1-2H3/b23-11+,24-22-. The first kappa shape index (κ1) is 20.7.